The predicted molar refractivity (Wildman–Crippen MR) is 64.2 cm³/mol. The number of likely N-dealkylation sites (tertiary alicyclic amines) is 1. The molecule has 3 N–H and O–H groups in total. The molecule has 0 aromatic heterocycles. The highest BCUT2D eigenvalue weighted by atomic mass is 16.4. The molecule has 1 saturated heterocycles. The lowest BCUT2D eigenvalue weighted by Crippen LogP contribution is -2.49. The molecule has 0 aliphatic carbocycles. The van der Waals surface area contributed by atoms with Crippen LogP contribution in [0.15, 0.2) is 0 Å². The lowest BCUT2D eigenvalue weighted by atomic mass is 9.88. The number of piperidine rings is 1. The van der Waals surface area contributed by atoms with Gasteiger partial charge in [0.05, 0.1) is 5.41 Å². The topological polar surface area (TPSA) is 66.6 Å². The van der Waals surface area contributed by atoms with Gasteiger partial charge in [-0.15, -0.1) is 0 Å². The van der Waals surface area contributed by atoms with E-state index in [0.29, 0.717) is 25.0 Å². The lowest BCUT2D eigenvalue weighted by molar-refractivity contribution is -0.148. The first-order chi connectivity index (χ1) is 7.36. The molecule has 0 saturated carbocycles. The highest BCUT2D eigenvalue weighted by Gasteiger charge is 2.34. The van der Waals surface area contributed by atoms with Gasteiger partial charge in [-0.1, -0.05) is 0 Å². The number of carboxylic acids is 1. The summed E-state index contributed by atoms with van der Waals surface area (Å²) in [4.78, 5) is 13.4. The third-order valence-corrected chi connectivity index (χ3v) is 3.62. The number of carboxylic acid groups (broad SMARTS) is 1. The molecule has 16 heavy (non-hydrogen) atoms. The van der Waals surface area contributed by atoms with Crippen molar-refractivity contribution in [3.05, 3.63) is 0 Å². The average molecular weight is 228 g/mol. The van der Waals surface area contributed by atoms with Crippen LogP contribution in [0.25, 0.3) is 0 Å². The maximum Gasteiger partial charge on any atom is 0.310 e. The molecule has 4 heteroatoms. The second-order valence-electron chi connectivity index (χ2n) is 5.65. The standard InChI is InChI=1S/C12H24N2O2/c1-9-4-5-10(6-13)7-14(9)8-12(2,3)11(15)16/h9-10H,4-8,13H2,1-3H3,(H,15,16). The van der Waals surface area contributed by atoms with E-state index in [1.807, 2.05) is 0 Å². The SMILES string of the molecule is CC1CCC(CN)CN1CC(C)(C)C(=O)O. The van der Waals surface area contributed by atoms with Gasteiger partial charge < -0.3 is 10.8 Å². The van der Waals surface area contributed by atoms with Gasteiger partial charge in [0.1, 0.15) is 0 Å². The summed E-state index contributed by atoms with van der Waals surface area (Å²) in [6, 6.07) is 0.474. The molecule has 2 unspecified atom stereocenters. The van der Waals surface area contributed by atoms with Crippen LogP contribution in [0.1, 0.15) is 33.6 Å². The fraction of sp³-hybridized carbons (Fsp3) is 0.917. The highest BCUT2D eigenvalue weighted by Crippen LogP contribution is 2.26. The molecule has 0 aromatic rings. The molecule has 2 atom stereocenters. The zero-order valence-corrected chi connectivity index (χ0v) is 10.6. The Morgan fingerprint density at radius 2 is 2.12 bits per heavy atom. The van der Waals surface area contributed by atoms with Crippen molar-refractivity contribution in [2.75, 3.05) is 19.6 Å². The van der Waals surface area contributed by atoms with Crippen LogP contribution in [0.2, 0.25) is 0 Å². The van der Waals surface area contributed by atoms with Gasteiger partial charge in [0.2, 0.25) is 0 Å². The Morgan fingerprint density at radius 1 is 1.50 bits per heavy atom. The summed E-state index contributed by atoms with van der Waals surface area (Å²) in [5, 5.41) is 9.13. The quantitative estimate of drug-likeness (QED) is 0.757. The molecule has 94 valence electrons. The number of aliphatic carboxylic acids is 1. The maximum atomic E-state index is 11.1. The van der Waals surface area contributed by atoms with Crippen molar-refractivity contribution < 1.29 is 9.90 Å². The predicted octanol–water partition coefficient (Wildman–Crippen LogP) is 1.16. The lowest BCUT2D eigenvalue weighted by Gasteiger charge is -2.40. The summed E-state index contributed by atoms with van der Waals surface area (Å²) >= 11 is 0. The van der Waals surface area contributed by atoms with Gasteiger partial charge in [-0.05, 0) is 46.1 Å². The van der Waals surface area contributed by atoms with E-state index in [1.54, 1.807) is 13.8 Å². The molecule has 1 fully saturated rings. The van der Waals surface area contributed by atoms with Crippen molar-refractivity contribution >= 4 is 5.97 Å². The zero-order valence-electron chi connectivity index (χ0n) is 10.6. The van der Waals surface area contributed by atoms with Crippen LogP contribution in [-0.2, 0) is 4.79 Å². The Labute approximate surface area is 97.8 Å². The largest absolute Gasteiger partial charge is 0.481 e. The summed E-state index contributed by atoms with van der Waals surface area (Å²) in [5.74, 6) is -0.199. The smallest absolute Gasteiger partial charge is 0.310 e. The maximum absolute atomic E-state index is 11.1. The molecule has 0 aromatic carbocycles. The van der Waals surface area contributed by atoms with E-state index < -0.39 is 11.4 Å². The van der Waals surface area contributed by atoms with E-state index in [9.17, 15) is 4.79 Å². The highest BCUT2D eigenvalue weighted by molar-refractivity contribution is 5.73. The first-order valence-electron chi connectivity index (χ1n) is 6.04. The van der Waals surface area contributed by atoms with Crippen LogP contribution in [-0.4, -0.2) is 41.7 Å². The van der Waals surface area contributed by atoms with Gasteiger partial charge in [-0.3, -0.25) is 9.69 Å². The molecule has 1 aliphatic heterocycles. The minimum absolute atomic E-state index is 0.474. The normalized spacial score (nSPS) is 28.0. The van der Waals surface area contributed by atoms with Crippen molar-refractivity contribution in [2.45, 2.75) is 39.7 Å². The first kappa shape index (κ1) is 13.5. The van der Waals surface area contributed by atoms with Crippen LogP contribution in [0.5, 0.6) is 0 Å². The fourth-order valence-electron chi connectivity index (χ4n) is 2.25. The molecule has 0 spiro atoms. The van der Waals surface area contributed by atoms with Crippen LogP contribution in [0.4, 0.5) is 0 Å². The summed E-state index contributed by atoms with van der Waals surface area (Å²) < 4.78 is 0. The number of carbonyl (C=O) groups is 1. The van der Waals surface area contributed by atoms with Crippen molar-refractivity contribution in [3.63, 3.8) is 0 Å². The average Bonchev–Trinajstić information content (AvgIpc) is 2.21. The van der Waals surface area contributed by atoms with Gasteiger partial charge in [-0.25, -0.2) is 0 Å². The summed E-state index contributed by atoms with van der Waals surface area (Å²) in [6.45, 7) is 8.00. The van der Waals surface area contributed by atoms with E-state index in [1.165, 1.54) is 6.42 Å². The van der Waals surface area contributed by atoms with Crippen molar-refractivity contribution in [1.29, 1.82) is 0 Å². The van der Waals surface area contributed by atoms with E-state index in [-0.39, 0.29) is 0 Å². The Morgan fingerprint density at radius 3 is 2.62 bits per heavy atom. The van der Waals surface area contributed by atoms with Gasteiger partial charge in [-0.2, -0.15) is 0 Å². The minimum Gasteiger partial charge on any atom is -0.481 e. The van der Waals surface area contributed by atoms with Gasteiger partial charge >= 0.3 is 5.97 Å². The van der Waals surface area contributed by atoms with Crippen LogP contribution < -0.4 is 5.73 Å². The van der Waals surface area contributed by atoms with Crippen molar-refractivity contribution in [2.24, 2.45) is 17.1 Å². The van der Waals surface area contributed by atoms with Gasteiger partial charge in [0.25, 0.3) is 0 Å². The number of rotatable bonds is 4. The molecule has 0 radical (unpaired) electrons. The second-order valence-corrected chi connectivity index (χ2v) is 5.65. The van der Waals surface area contributed by atoms with Crippen LogP contribution in [0.3, 0.4) is 0 Å². The number of hydrogen-bond acceptors (Lipinski definition) is 3. The third kappa shape index (κ3) is 3.19. The molecule has 4 nitrogen and oxygen atoms in total. The molecular formula is C12H24N2O2. The molecule has 1 heterocycles. The third-order valence-electron chi connectivity index (χ3n) is 3.62. The summed E-state index contributed by atoms with van der Waals surface area (Å²) in [5.41, 5.74) is 5.02. The van der Waals surface area contributed by atoms with Crippen molar-refractivity contribution in [1.82, 2.24) is 4.90 Å². The second kappa shape index (κ2) is 5.15. The van der Waals surface area contributed by atoms with Gasteiger partial charge in [0.15, 0.2) is 0 Å². The Kier molecular flexibility index (Phi) is 4.33. The Bertz CT molecular complexity index is 253. The summed E-state index contributed by atoms with van der Waals surface area (Å²) in [7, 11) is 0. The molecule has 0 bridgehead atoms. The monoisotopic (exact) mass is 228 g/mol. The first-order valence-corrected chi connectivity index (χ1v) is 6.04. The fourth-order valence-corrected chi connectivity index (χ4v) is 2.25. The van der Waals surface area contributed by atoms with Gasteiger partial charge in [0, 0.05) is 19.1 Å². The van der Waals surface area contributed by atoms with Crippen molar-refractivity contribution in [3.8, 4) is 0 Å². The zero-order chi connectivity index (χ0) is 12.3. The van der Waals surface area contributed by atoms with Crippen LogP contribution in [0, 0.1) is 11.3 Å². The molecular weight excluding hydrogens is 204 g/mol. The van der Waals surface area contributed by atoms with Crippen LogP contribution >= 0.6 is 0 Å². The Balaban J connectivity index is 2.60. The number of nitrogens with zero attached hydrogens (tertiary/aromatic N) is 1. The molecule has 0 amide bonds. The van der Waals surface area contributed by atoms with E-state index >= 15 is 0 Å². The summed E-state index contributed by atoms with van der Waals surface area (Å²) in [6.07, 6.45) is 2.29. The molecule has 1 rings (SSSR count). The minimum atomic E-state index is -0.727. The Hall–Kier alpha value is -0.610. The number of nitrogens with two attached hydrogens (primary N) is 1. The van der Waals surface area contributed by atoms with E-state index in [0.717, 1.165) is 13.0 Å². The number of hydrogen-bond donors (Lipinski definition) is 2. The van der Waals surface area contributed by atoms with E-state index in [4.69, 9.17) is 10.8 Å². The van der Waals surface area contributed by atoms with E-state index in [2.05, 4.69) is 11.8 Å². The molecule has 1 aliphatic rings.